The van der Waals surface area contributed by atoms with Gasteiger partial charge in [0, 0.05) is 27.6 Å². The zero-order chi connectivity index (χ0) is 10.3. The Kier molecular flexibility index (Phi) is 1.91. The summed E-state index contributed by atoms with van der Waals surface area (Å²) in [4.78, 5) is 3.49. The second-order valence-electron chi connectivity index (χ2n) is 4.92. The minimum atomic E-state index is 0.188. The van der Waals surface area contributed by atoms with Gasteiger partial charge in [-0.3, -0.25) is 0 Å². The van der Waals surface area contributed by atoms with Crippen LogP contribution in [-0.2, 0) is 5.41 Å². The molecule has 0 aliphatic carbocycles. The maximum Gasteiger partial charge on any atom is 0.0283 e. The first-order valence-corrected chi connectivity index (χ1v) is 5.08. The molecule has 14 heavy (non-hydrogen) atoms. The average Bonchev–Trinajstić information content (AvgIpc) is 2.44. The van der Waals surface area contributed by atoms with Crippen molar-refractivity contribution in [2.24, 2.45) is 0 Å². The molecule has 1 nitrogen and oxygen atoms in total. The van der Waals surface area contributed by atoms with E-state index in [1.165, 1.54) is 22.2 Å². The molecule has 0 radical (unpaired) electrons. The molecule has 74 valence electrons. The number of fused-ring (bicyclic) bond motifs is 1. The summed E-state index contributed by atoms with van der Waals surface area (Å²) < 4.78 is 0. The van der Waals surface area contributed by atoms with Gasteiger partial charge in [0.05, 0.1) is 0 Å². The van der Waals surface area contributed by atoms with Crippen molar-refractivity contribution >= 4 is 10.8 Å². The van der Waals surface area contributed by atoms with Crippen molar-refractivity contribution in [1.82, 2.24) is 4.98 Å². The van der Waals surface area contributed by atoms with Gasteiger partial charge in [-0.05, 0) is 6.92 Å². The summed E-state index contributed by atoms with van der Waals surface area (Å²) in [5.74, 6) is 0. The number of H-pyrrole nitrogens is 1. The molecule has 0 atom stereocenters. The van der Waals surface area contributed by atoms with E-state index in [-0.39, 0.29) is 5.41 Å². The summed E-state index contributed by atoms with van der Waals surface area (Å²) in [5, 5.41) is 2.70. The third-order valence-corrected chi connectivity index (χ3v) is 2.66. The highest BCUT2D eigenvalue weighted by Gasteiger charge is 2.19. The van der Waals surface area contributed by atoms with E-state index in [1.54, 1.807) is 0 Å². The molecule has 0 aliphatic heterocycles. The van der Waals surface area contributed by atoms with Gasteiger partial charge in [-0.2, -0.15) is 0 Å². The Hall–Kier alpha value is -1.24. The van der Waals surface area contributed by atoms with Gasteiger partial charge in [-0.25, -0.2) is 0 Å². The first kappa shape index (κ1) is 9.32. The normalized spacial score (nSPS) is 12.3. The fourth-order valence-electron chi connectivity index (χ4n) is 1.94. The number of benzene rings is 1. The van der Waals surface area contributed by atoms with E-state index in [0.717, 1.165) is 0 Å². The molecule has 0 bridgehead atoms. The molecule has 1 N–H and O–H groups in total. The highest BCUT2D eigenvalue weighted by molar-refractivity contribution is 5.88. The summed E-state index contributed by atoms with van der Waals surface area (Å²) in [6, 6.07) is 8.57. The maximum absolute atomic E-state index is 3.49. The molecule has 0 aliphatic rings. The van der Waals surface area contributed by atoms with Crippen LogP contribution < -0.4 is 0 Å². The number of nitrogens with one attached hydrogen (secondary N) is 1. The second-order valence-corrected chi connectivity index (χ2v) is 4.92. The Balaban J connectivity index is 2.80. The van der Waals surface area contributed by atoms with E-state index in [1.807, 2.05) is 0 Å². The maximum atomic E-state index is 3.49. The molecule has 0 fully saturated rings. The van der Waals surface area contributed by atoms with Gasteiger partial charge >= 0.3 is 0 Å². The third-order valence-electron chi connectivity index (χ3n) is 2.66. The number of aryl methyl sites for hydroxylation is 1. The molecule has 0 saturated carbocycles. The van der Waals surface area contributed by atoms with Crippen LogP contribution in [0.3, 0.4) is 0 Å². The Bertz CT molecular complexity index is 458. The Morgan fingerprint density at radius 3 is 2.14 bits per heavy atom. The predicted octanol–water partition coefficient (Wildman–Crippen LogP) is 3.77. The zero-order valence-corrected chi connectivity index (χ0v) is 9.31. The minimum absolute atomic E-state index is 0.188. The summed E-state index contributed by atoms with van der Waals surface area (Å²) in [6.45, 7) is 8.86. The Labute approximate surface area is 85.1 Å². The summed E-state index contributed by atoms with van der Waals surface area (Å²) in [7, 11) is 0. The molecular formula is C13H17N. The third kappa shape index (κ3) is 1.33. The van der Waals surface area contributed by atoms with Crippen LogP contribution in [0.15, 0.2) is 24.3 Å². The molecule has 2 aromatic rings. The molecule has 1 aromatic carbocycles. The van der Waals surface area contributed by atoms with Gasteiger partial charge in [-0.1, -0.05) is 45.0 Å². The van der Waals surface area contributed by atoms with Crippen LogP contribution in [0.4, 0.5) is 0 Å². The lowest BCUT2D eigenvalue weighted by atomic mass is 9.90. The summed E-state index contributed by atoms with van der Waals surface area (Å²) in [5.41, 5.74) is 2.80. The van der Waals surface area contributed by atoms with Gasteiger partial charge in [0.15, 0.2) is 0 Å². The van der Waals surface area contributed by atoms with E-state index in [2.05, 4.69) is 56.9 Å². The van der Waals surface area contributed by atoms with E-state index in [9.17, 15) is 0 Å². The van der Waals surface area contributed by atoms with Gasteiger partial charge in [-0.15, -0.1) is 0 Å². The number of hydrogen-bond donors (Lipinski definition) is 1. The van der Waals surface area contributed by atoms with Gasteiger partial charge in [0.2, 0.25) is 0 Å². The summed E-state index contributed by atoms with van der Waals surface area (Å²) >= 11 is 0. The largest absolute Gasteiger partial charge is 0.361 e. The first-order chi connectivity index (χ1) is 6.50. The molecule has 1 heteroatoms. The molecule has 0 unspecified atom stereocenters. The van der Waals surface area contributed by atoms with Crippen molar-refractivity contribution in [1.29, 1.82) is 0 Å². The van der Waals surface area contributed by atoms with Crippen molar-refractivity contribution < 1.29 is 0 Å². The van der Waals surface area contributed by atoms with E-state index in [0.29, 0.717) is 0 Å². The highest BCUT2D eigenvalue weighted by Crippen LogP contribution is 2.30. The van der Waals surface area contributed by atoms with Crippen LogP contribution in [0.5, 0.6) is 0 Å². The van der Waals surface area contributed by atoms with Crippen LogP contribution >= 0.6 is 0 Å². The second kappa shape index (κ2) is 2.88. The predicted molar refractivity (Wildman–Crippen MR) is 61.7 cm³/mol. The fourth-order valence-corrected chi connectivity index (χ4v) is 1.94. The van der Waals surface area contributed by atoms with Gasteiger partial charge < -0.3 is 4.98 Å². The SMILES string of the molecule is Cc1[nH]c(C(C)(C)C)c2ccccc12. The molecule has 2 rings (SSSR count). The Morgan fingerprint density at radius 1 is 1.00 bits per heavy atom. The van der Waals surface area contributed by atoms with Crippen LogP contribution in [0.1, 0.15) is 32.2 Å². The zero-order valence-electron chi connectivity index (χ0n) is 9.31. The van der Waals surface area contributed by atoms with Crippen LogP contribution in [0.2, 0.25) is 0 Å². The van der Waals surface area contributed by atoms with Crippen LogP contribution in [0.25, 0.3) is 10.8 Å². The van der Waals surface area contributed by atoms with Crippen molar-refractivity contribution in [2.75, 3.05) is 0 Å². The molecule has 1 heterocycles. The topological polar surface area (TPSA) is 15.8 Å². The van der Waals surface area contributed by atoms with Crippen molar-refractivity contribution in [3.05, 3.63) is 35.7 Å². The van der Waals surface area contributed by atoms with Crippen LogP contribution in [-0.4, -0.2) is 4.98 Å². The molecular weight excluding hydrogens is 170 g/mol. The average molecular weight is 187 g/mol. The monoisotopic (exact) mass is 187 g/mol. The quantitative estimate of drug-likeness (QED) is 0.646. The molecule has 0 saturated heterocycles. The standard InChI is InChI=1S/C13H17N/c1-9-10-7-5-6-8-11(10)12(14-9)13(2,3)4/h5-8,14H,1-4H3. The lowest BCUT2D eigenvalue weighted by molar-refractivity contribution is 0.577. The lowest BCUT2D eigenvalue weighted by Crippen LogP contribution is -2.11. The number of rotatable bonds is 0. The first-order valence-electron chi connectivity index (χ1n) is 5.08. The molecule has 0 amide bonds. The lowest BCUT2D eigenvalue weighted by Gasteiger charge is -2.17. The van der Waals surface area contributed by atoms with E-state index >= 15 is 0 Å². The summed E-state index contributed by atoms with van der Waals surface area (Å²) in [6.07, 6.45) is 0. The minimum Gasteiger partial charge on any atom is -0.361 e. The number of aromatic nitrogens is 1. The smallest absolute Gasteiger partial charge is 0.0283 e. The fraction of sp³-hybridized carbons (Fsp3) is 0.385. The molecule has 0 spiro atoms. The van der Waals surface area contributed by atoms with Crippen molar-refractivity contribution in [3.8, 4) is 0 Å². The molecule has 1 aromatic heterocycles. The van der Waals surface area contributed by atoms with Gasteiger partial charge in [0.1, 0.15) is 0 Å². The van der Waals surface area contributed by atoms with Crippen molar-refractivity contribution in [3.63, 3.8) is 0 Å². The Morgan fingerprint density at radius 2 is 1.57 bits per heavy atom. The number of hydrogen-bond acceptors (Lipinski definition) is 0. The van der Waals surface area contributed by atoms with Crippen molar-refractivity contribution in [2.45, 2.75) is 33.1 Å². The van der Waals surface area contributed by atoms with E-state index in [4.69, 9.17) is 0 Å². The van der Waals surface area contributed by atoms with Crippen LogP contribution in [0, 0.1) is 6.92 Å². The highest BCUT2D eigenvalue weighted by atomic mass is 14.7. The number of aromatic amines is 1. The van der Waals surface area contributed by atoms with E-state index < -0.39 is 0 Å². The van der Waals surface area contributed by atoms with Gasteiger partial charge in [0.25, 0.3) is 0 Å².